The summed E-state index contributed by atoms with van der Waals surface area (Å²) in [5.41, 5.74) is 1.34. The van der Waals surface area contributed by atoms with E-state index in [4.69, 9.17) is 0 Å². The molecule has 0 unspecified atom stereocenters. The van der Waals surface area contributed by atoms with Crippen LogP contribution in [0, 0.1) is 0 Å². The number of aromatic nitrogens is 1. The van der Waals surface area contributed by atoms with Gasteiger partial charge in [0.15, 0.2) is 0 Å². The lowest BCUT2D eigenvalue weighted by atomic mass is 9.99. The molecule has 0 amide bonds. The summed E-state index contributed by atoms with van der Waals surface area (Å²) in [6.07, 6.45) is 5.95. The van der Waals surface area contributed by atoms with Crippen molar-refractivity contribution in [2.45, 2.75) is 25.3 Å². The summed E-state index contributed by atoms with van der Waals surface area (Å²) in [7, 11) is 2.18. The number of piperidine rings is 1. The third kappa shape index (κ3) is 3.07. The number of piperazine rings is 1. The van der Waals surface area contributed by atoms with E-state index in [1.165, 1.54) is 24.8 Å². The topological polar surface area (TPSA) is 31.4 Å². The summed E-state index contributed by atoms with van der Waals surface area (Å²) >= 11 is 0. The predicted molar refractivity (Wildman–Crippen MR) is 78.5 cm³/mol. The molecule has 1 atom stereocenters. The van der Waals surface area contributed by atoms with E-state index in [-0.39, 0.29) is 0 Å². The zero-order valence-corrected chi connectivity index (χ0v) is 11.8. The van der Waals surface area contributed by atoms with Gasteiger partial charge in [-0.2, -0.15) is 0 Å². The number of anilines is 1. The van der Waals surface area contributed by atoms with Crippen LogP contribution in [-0.2, 0) is 0 Å². The van der Waals surface area contributed by atoms with E-state index >= 15 is 0 Å². The zero-order valence-electron chi connectivity index (χ0n) is 11.8. The van der Waals surface area contributed by atoms with Gasteiger partial charge in [-0.15, -0.1) is 0 Å². The smallest absolute Gasteiger partial charge is 0.128 e. The number of likely N-dealkylation sites (N-methyl/N-ethyl adjacent to an activating group) is 1. The summed E-state index contributed by atoms with van der Waals surface area (Å²) in [5, 5.41) is 3.58. The summed E-state index contributed by atoms with van der Waals surface area (Å²) in [6, 6.07) is 4.96. The number of pyridine rings is 1. The molecule has 0 aromatic carbocycles. The highest BCUT2D eigenvalue weighted by Gasteiger charge is 2.17. The molecule has 2 aliphatic heterocycles. The Bertz CT molecular complexity index is 389. The molecule has 3 rings (SSSR count). The van der Waals surface area contributed by atoms with Crippen LogP contribution in [0.1, 0.15) is 30.9 Å². The fraction of sp³-hybridized carbons (Fsp3) is 0.667. The van der Waals surface area contributed by atoms with Crippen LogP contribution in [0.5, 0.6) is 0 Å². The van der Waals surface area contributed by atoms with Crippen molar-refractivity contribution in [3.63, 3.8) is 0 Å². The summed E-state index contributed by atoms with van der Waals surface area (Å²) in [5.74, 6) is 1.13. The van der Waals surface area contributed by atoms with Gasteiger partial charge in [-0.3, -0.25) is 0 Å². The van der Waals surface area contributed by atoms with Gasteiger partial charge in [-0.25, -0.2) is 4.98 Å². The number of hydrogen-bond acceptors (Lipinski definition) is 4. The summed E-state index contributed by atoms with van der Waals surface area (Å²) in [4.78, 5) is 9.43. The van der Waals surface area contributed by atoms with Crippen LogP contribution in [0.25, 0.3) is 0 Å². The monoisotopic (exact) mass is 260 g/mol. The highest BCUT2D eigenvalue weighted by Crippen LogP contribution is 2.23. The first-order chi connectivity index (χ1) is 9.33. The third-order valence-corrected chi connectivity index (χ3v) is 4.31. The van der Waals surface area contributed by atoms with Gasteiger partial charge < -0.3 is 15.1 Å². The standard InChI is InChI=1S/C15H24N4/c1-18-8-10-19(11-9-18)15-6-5-13(12-17-15)14-4-2-3-7-16-14/h5-6,12,14,16H,2-4,7-11H2,1H3/t14-/m0/s1. The van der Waals surface area contributed by atoms with Crippen LogP contribution in [0.2, 0.25) is 0 Å². The maximum absolute atomic E-state index is 4.67. The molecular formula is C15H24N4. The molecule has 2 aliphatic rings. The molecule has 0 spiro atoms. The zero-order chi connectivity index (χ0) is 13.1. The summed E-state index contributed by atoms with van der Waals surface area (Å²) in [6.45, 7) is 5.58. The number of hydrogen-bond donors (Lipinski definition) is 1. The molecule has 2 fully saturated rings. The van der Waals surface area contributed by atoms with Gasteiger partial charge in [-0.05, 0) is 38.1 Å². The van der Waals surface area contributed by atoms with Gasteiger partial charge in [0.2, 0.25) is 0 Å². The van der Waals surface area contributed by atoms with Crippen LogP contribution in [0.3, 0.4) is 0 Å². The second-order valence-electron chi connectivity index (χ2n) is 5.74. The fourth-order valence-corrected chi connectivity index (χ4v) is 2.96. The average Bonchev–Trinajstić information content (AvgIpc) is 2.49. The molecule has 19 heavy (non-hydrogen) atoms. The van der Waals surface area contributed by atoms with Crippen molar-refractivity contribution in [1.29, 1.82) is 0 Å². The first-order valence-corrected chi connectivity index (χ1v) is 7.46. The molecule has 0 radical (unpaired) electrons. The van der Waals surface area contributed by atoms with E-state index in [1.807, 2.05) is 0 Å². The predicted octanol–water partition coefficient (Wildman–Crippen LogP) is 1.65. The van der Waals surface area contributed by atoms with E-state index in [0.717, 1.165) is 38.5 Å². The van der Waals surface area contributed by atoms with E-state index in [2.05, 4.69) is 45.5 Å². The maximum Gasteiger partial charge on any atom is 0.128 e. The second-order valence-corrected chi connectivity index (χ2v) is 5.74. The summed E-state index contributed by atoms with van der Waals surface area (Å²) < 4.78 is 0. The van der Waals surface area contributed by atoms with Gasteiger partial charge in [0.1, 0.15) is 5.82 Å². The Labute approximate surface area is 115 Å². The van der Waals surface area contributed by atoms with Gasteiger partial charge in [-0.1, -0.05) is 12.5 Å². The number of nitrogens with zero attached hydrogens (tertiary/aromatic N) is 3. The largest absolute Gasteiger partial charge is 0.354 e. The first-order valence-electron chi connectivity index (χ1n) is 7.46. The highest BCUT2D eigenvalue weighted by atomic mass is 15.3. The molecule has 1 aromatic heterocycles. The van der Waals surface area contributed by atoms with Crippen LogP contribution >= 0.6 is 0 Å². The van der Waals surface area contributed by atoms with Crippen LogP contribution in [0.15, 0.2) is 18.3 Å². The fourth-order valence-electron chi connectivity index (χ4n) is 2.96. The molecule has 4 heteroatoms. The minimum absolute atomic E-state index is 0.516. The number of nitrogens with one attached hydrogen (secondary N) is 1. The minimum Gasteiger partial charge on any atom is -0.354 e. The van der Waals surface area contributed by atoms with E-state index < -0.39 is 0 Å². The first kappa shape index (κ1) is 12.9. The van der Waals surface area contributed by atoms with Gasteiger partial charge >= 0.3 is 0 Å². The second kappa shape index (κ2) is 5.88. The Morgan fingerprint density at radius 1 is 1.16 bits per heavy atom. The molecule has 1 N–H and O–H groups in total. The molecule has 0 bridgehead atoms. The van der Waals surface area contributed by atoms with E-state index in [9.17, 15) is 0 Å². The molecule has 3 heterocycles. The molecule has 2 saturated heterocycles. The third-order valence-electron chi connectivity index (χ3n) is 4.31. The Balaban J connectivity index is 1.65. The van der Waals surface area contributed by atoms with Crippen LogP contribution in [-0.4, -0.2) is 49.7 Å². The van der Waals surface area contributed by atoms with Gasteiger partial charge in [0.25, 0.3) is 0 Å². The number of rotatable bonds is 2. The highest BCUT2D eigenvalue weighted by molar-refractivity contribution is 5.40. The van der Waals surface area contributed by atoms with Crippen molar-refractivity contribution in [2.75, 3.05) is 44.7 Å². The van der Waals surface area contributed by atoms with Crippen molar-refractivity contribution in [3.05, 3.63) is 23.9 Å². The molecule has 1 aromatic rings. The van der Waals surface area contributed by atoms with Crippen molar-refractivity contribution >= 4 is 5.82 Å². The van der Waals surface area contributed by atoms with Crippen molar-refractivity contribution in [3.8, 4) is 0 Å². The Hall–Kier alpha value is -1.13. The normalized spacial score (nSPS) is 25.5. The Morgan fingerprint density at radius 3 is 2.63 bits per heavy atom. The Kier molecular flexibility index (Phi) is 3.99. The molecule has 4 nitrogen and oxygen atoms in total. The lowest BCUT2D eigenvalue weighted by Gasteiger charge is -2.33. The molecule has 104 valence electrons. The molecular weight excluding hydrogens is 236 g/mol. The van der Waals surface area contributed by atoms with Crippen molar-refractivity contribution in [1.82, 2.24) is 15.2 Å². The van der Waals surface area contributed by atoms with Crippen molar-refractivity contribution in [2.24, 2.45) is 0 Å². The van der Waals surface area contributed by atoms with E-state index in [0.29, 0.717) is 6.04 Å². The lowest BCUT2D eigenvalue weighted by Crippen LogP contribution is -2.44. The SMILES string of the molecule is CN1CCN(c2ccc([C@@H]3CCCCN3)cn2)CC1. The molecule has 0 aliphatic carbocycles. The van der Waals surface area contributed by atoms with Crippen molar-refractivity contribution < 1.29 is 0 Å². The van der Waals surface area contributed by atoms with Gasteiger partial charge in [0, 0.05) is 38.4 Å². The van der Waals surface area contributed by atoms with E-state index in [1.54, 1.807) is 0 Å². The van der Waals surface area contributed by atoms with Crippen LogP contribution in [0.4, 0.5) is 5.82 Å². The minimum atomic E-state index is 0.516. The lowest BCUT2D eigenvalue weighted by molar-refractivity contribution is 0.312. The molecule has 0 saturated carbocycles. The quantitative estimate of drug-likeness (QED) is 0.876. The van der Waals surface area contributed by atoms with Crippen LogP contribution < -0.4 is 10.2 Å². The van der Waals surface area contributed by atoms with Gasteiger partial charge in [0.05, 0.1) is 0 Å². The Morgan fingerprint density at radius 2 is 2.00 bits per heavy atom. The average molecular weight is 260 g/mol. The maximum atomic E-state index is 4.67.